The van der Waals surface area contributed by atoms with Crippen LogP contribution in [-0.4, -0.2) is 11.1 Å². The lowest BCUT2D eigenvalue weighted by molar-refractivity contribution is 0.102. The minimum atomic E-state index is -0.191. The molecule has 72 valence electrons. The van der Waals surface area contributed by atoms with Gasteiger partial charge in [0.15, 0.2) is 5.78 Å². The fourth-order valence-electron chi connectivity index (χ4n) is 0.985. The number of halogens is 2. The van der Waals surface area contributed by atoms with Gasteiger partial charge in [-0.2, -0.15) is 5.26 Å². The Balaban J connectivity index is 3.36. The molecule has 0 aromatic heterocycles. The molecule has 0 saturated carbocycles. The van der Waals surface area contributed by atoms with E-state index in [2.05, 4.69) is 15.9 Å². The molecule has 0 unspecified atom stereocenters. The number of nitrogen functional groups attached to an aromatic ring is 1. The van der Waals surface area contributed by atoms with Gasteiger partial charge in [0, 0.05) is 5.56 Å². The molecule has 0 fully saturated rings. The van der Waals surface area contributed by atoms with Gasteiger partial charge in [-0.25, -0.2) is 0 Å². The van der Waals surface area contributed by atoms with Crippen LogP contribution in [0.1, 0.15) is 15.9 Å². The van der Waals surface area contributed by atoms with Crippen molar-refractivity contribution in [1.82, 2.24) is 0 Å². The van der Waals surface area contributed by atoms with E-state index in [9.17, 15) is 4.79 Å². The number of nitriles is 1. The fraction of sp³-hybridized carbons (Fsp3) is 0.111. The molecule has 0 saturated heterocycles. The van der Waals surface area contributed by atoms with E-state index in [1.807, 2.05) is 6.07 Å². The first-order valence-corrected chi connectivity index (χ1v) is 5.18. The van der Waals surface area contributed by atoms with E-state index in [-0.39, 0.29) is 21.7 Å². The van der Waals surface area contributed by atoms with Gasteiger partial charge in [-0.3, -0.25) is 4.79 Å². The number of nitrogens with two attached hydrogens (primary N) is 1. The van der Waals surface area contributed by atoms with E-state index in [1.165, 1.54) is 12.1 Å². The third-order valence-corrected chi connectivity index (χ3v) is 2.52. The van der Waals surface area contributed by atoms with Crippen LogP contribution in [-0.2, 0) is 0 Å². The number of ketones is 1. The molecule has 0 bridgehead atoms. The average molecular weight is 274 g/mol. The number of hydrogen-bond donors (Lipinski definition) is 1. The minimum absolute atomic E-state index is 0.155. The van der Waals surface area contributed by atoms with Crippen molar-refractivity contribution in [3.05, 3.63) is 28.3 Å². The first-order valence-electron chi connectivity index (χ1n) is 3.68. The van der Waals surface area contributed by atoms with E-state index in [0.29, 0.717) is 11.3 Å². The summed E-state index contributed by atoms with van der Waals surface area (Å²) in [5, 5.41) is 9.20. The zero-order valence-corrected chi connectivity index (χ0v) is 9.39. The van der Waals surface area contributed by atoms with Gasteiger partial charge in [0.1, 0.15) is 0 Å². The highest BCUT2D eigenvalue weighted by Gasteiger charge is 2.12. The maximum absolute atomic E-state index is 11.4. The summed E-state index contributed by atoms with van der Waals surface area (Å²) in [6, 6.07) is 4.72. The molecule has 1 rings (SSSR count). The molecule has 0 amide bonds. The molecule has 5 heteroatoms. The lowest BCUT2D eigenvalue weighted by Gasteiger charge is -2.03. The Labute approximate surface area is 94.6 Å². The summed E-state index contributed by atoms with van der Waals surface area (Å²) in [7, 11) is 0. The summed E-state index contributed by atoms with van der Waals surface area (Å²) in [4.78, 5) is 11.4. The third kappa shape index (κ3) is 2.06. The Kier molecular flexibility index (Phi) is 3.50. The summed E-state index contributed by atoms with van der Waals surface area (Å²) in [5.41, 5.74) is 6.34. The van der Waals surface area contributed by atoms with Gasteiger partial charge in [0.2, 0.25) is 0 Å². The van der Waals surface area contributed by atoms with Crippen LogP contribution in [0.4, 0.5) is 5.69 Å². The Morgan fingerprint density at radius 2 is 2.29 bits per heavy atom. The second kappa shape index (κ2) is 4.45. The Hall–Kier alpha value is -1.05. The number of carbonyl (C=O) groups excluding carboxylic acids is 1. The smallest absolute Gasteiger partial charge is 0.174 e. The monoisotopic (exact) mass is 272 g/mol. The predicted octanol–water partition coefficient (Wildman–Crippen LogP) is 2.37. The van der Waals surface area contributed by atoms with Gasteiger partial charge in [-0.15, -0.1) is 0 Å². The Morgan fingerprint density at radius 3 is 2.79 bits per heavy atom. The van der Waals surface area contributed by atoms with Crippen LogP contribution in [0.3, 0.4) is 0 Å². The van der Waals surface area contributed by atoms with E-state index in [1.54, 1.807) is 0 Å². The molecular formula is C9H6BrClN2O. The highest BCUT2D eigenvalue weighted by atomic mass is 79.9. The summed E-state index contributed by atoms with van der Waals surface area (Å²) in [5.74, 6) is -0.191. The van der Waals surface area contributed by atoms with E-state index in [0.717, 1.165) is 0 Å². The summed E-state index contributed by atoms with van der Waals surface area (Å²) in [6.45, 7) is 0. The first-order chi connectivity index (χ1) is 6.60. The van der Waals surface area contributed by atoms with Crippen LogP contribution in [0.2, 0.25) is 5.02 Å². The van der Waals surface area contributed by atoms with Crippen LogP contribution >= 0.6 is 27.5 Å². The highest BCUT2D eigenvalue weighted by molar-refractivity contribution is 9.09. The first kappa shape index (κ1) is 11.0. The van der Waals surface area contributed by atoms with Crippen molar-refractivity contribution in [2.75, 3.05) is 11.1 Å². The maximum Gasteiger partial charge on any atom is 0.174 e. The molecule has 0 aliphatic carbocycles. The second-order valence-corrected chi connectivity index (χ2v) is 3.56. The molecular weight excluding hydrogens is 267 g/mol. The number of hydrogen-bond acceptors (Lipinski definition) is 3. The van der Waals surface area contributed by atoms with Crippen LogP contribution in [0.15, 0.2) is 12.1 Å². The van der Waals surface area contributed by atoms with Crippen molar-refractivity contribution >= 4 is 39.0 Å². The van der Waals surface area contributed by atoms with Gasteiger partial charge in [-0.1, -0.05) is 27.5 Å². The van der Waals surface area contributed by atoms with Crippen LogP contribution in [0, 0.1) is 11.3 Å². The summed E-state index contributed by atoms with van der Waals surface area (Å²) >= 11 is 8.77. The van der Waals surface area contributed by atoms with Gasteiger partial charge in [0.25, 0.3) is 0 Å². The van der Waals surface area contributed by atoms with Gasteiger partial charge in [-0.05, 0) is 12.1 Å². The molecule has 1 aromatic carbocycles. The van der Waals surface area contributed by atoms with E-state index >= 15 is 0 Å². The Bertz CT molecular complexity index is 426. The molecule has 0 radical (unpaired) electrons. The fourth-order valence-corrected chi connectivity index (χ4v) is 1.45. The number of benzene rings is 1. The molecule has 1 aromatic rings. The molecule has 0 spiro atoms. The van der Waals surface area contributed by atoms with Crippen molar-refractivity contribution < 1.29 is 4.79 Å². The lowest BCUT2D eigenvalue weighted by atomic mass is 10.0. The minimum Gasteiger partial charge on any atom is -0.397 e. The van der Waals surface area contributed by atoms with E-state index < -0.39 is 0 Å². The standard InChI is InChI=1S/C9H6BrClN2O/c10-3-9(14)6-2-7(11)8(13)1-5(6)4-12/h1-2H,3,13H2. The number of rotatable bonds is 2. The van der Waals surface area contributed by atoms with Crippen molar-refractivity contribution in [2.24, 2.45) is 0 Å². The maximum atomic E-state index is 11.4. The quantitative estimate of drug-likeness (QED) is 0.511. The number of nitrogens with zero attached hydrogens (tertiary/aromatic N) is 1. The molecule has 3 nitrogen and oxygen atoms in total. The SMILES string of the molecule is N#Cc1cc(N)c(Cl)cc1C(=O)CBr. The molecule has 0 aliphatic rings. The predicted molar refractivity (Wildman–Crippen MR) is 58.7 cm³/mol. The zero-order chi connectivity index (χ0) is 10.7. The van der Waals surface area contributed by atoms with Crippen LogP contribution in [0.5, 0.6) is 0 Å². The zero-order valence-electron chi connectivity index (χ0n) is 7.05. The second-order valence-electron chi connectivity index (χ2n) is 2.59. The third-order valence-electron chi connectivity index (χ3n) is 1.68. The number of alkyl halides is 1. The van der Waals surface area contributed by atoms with Crippen molar-refractivity contribution in [1.29, 1.82) is 5.26 Å². The average Bonchev–Trinajstić information content (AvgIpc) is 2.20. The molecule has 0 atom stereocenters. The van der Waals surface area contributed by atoms with Crippen LogP contribution < -0.4 is 5.73 Å². The number of Topliss-reactive ketones (excluding diaryl/α,β-unsaturated/α-hetero) is 1. The van der Waals surface area contributed by atoms with Crippen molar-refractivity contribution in [3.63, 3.8) is 0 Å². The normalized spacial score (nSPS) is 9.50. The van der Waals surface area contributed by atoms with Gasteiger partial charge < -0.3 is 5.73 Å². The molecule has 2 N–H and O–H groups in total. The number of carbonyl (C=O) groups is 1. The summed E-state index contributed by atoms with van der Waals surface area (Å²) in [6.07, 6.45) is 0. The van der Waals surface area contributed by atoms with Crippen molar-refractivity contribution in [2.45, 2.75) is 0 Å². The topological polar surface area (TPSA) is 66.9 Å². The summed E-state index contributed by atoms with van der Waals surface area (Å²) < 4.78 is 0. The van der Waals surface area contributed by atoms with E-state index in [4.69, 9.17) is 22.6 Å². The van der Waals surface area contributed by atoms with Crippen molar-refractivity contribution in [3.8, 4) is 6.07 Å². The Morgan fingerprint density at radius 1 is 1.64 bits per heavy atom. The lowest BCUT2D eigenvalue weighted by Crippen LogP contribution is -2.04. The molecule has 0 heterocycles. The number of anilines is 1. The van der Waals surface area contributed by atoms with Gasteiger partial charge in [0.05, 0.1) is 27.7 Å². The van der Waals surface area contributed by atoms with Gasteiger partial charge >= 0.3 is 0 Å². The highest BCUT2D eigenvalue weighted by Crippen LogP contribution is 2.23. The molecule has 0 aliphatic heterocycles. The largest absolute Gasteiger partial charge is 0.397 e. The van der Waals surface area contributed by atoms with Crippen LogP contribution in [0.25, 0.3) is 0 Å². The molecule has 14 heavy (non-hydrogen) atoms.